The van der Waals surface area contributed by atoms with Gasteiger partial charge in [0.25, 0.3) is 0 Å². The van der Waals surface area contributed by atoms with Crippen molar-refractivity contribution in [2.45, 2.75) is 13.8 Å². The van der Waals surface area contributed by atoms with E-state index in [-0.39, 0.29) is 0 Å². The van der Waals surface area contributed by atoms with Crippen molar-refractivity contribution in [2.75, 3.05) is 0 Å². The van der Waals surface area contributed by atoms with Crippen molar-refractivity contribution in [1.82, 2.24) is 9.97 Å². The van der Waals surface area contributed by atoms with Gasteiger partial charge in [0.2, 0.25) is 5.28 Å². The molecule has 0 bridgehead atoms. The van der Waals surface area contributed by atoms with Crippen LogP contribution in [0.1, 0.15) is 10.4 Å². The maximum Gasteiger partial charge on any atom is 0.224 e. The Kier molecular flexibility index (Phi) is 2.80. The molecular formula is C14H11ClN2S. The molecule has 3 rings (SSSR count). The average Bonchev–Trinajstić information content (AvgIpc) is 2.68. The van der Waals surface area contributed by atoms with Gasteiger partial charge in [-0.2, -0.15) is 0 Å². The molecule has 4 heteroatoms. The van der Waals surface area contributed by atoms with Gasteiger partial charge in [0.15, 0.2) is 0 Å². The number of hydrogen-bond donors (Lipinski definition) is 0. The zero-order valence-electron chi connectivity index (χ0n) is 10.1. The molecule has 0 radical (unpaired) electrons. The molecule has 0 aliphatic heterocycles. The van der Waals surface area contributed by atoms with E-state index in [0.717, 1.165) is 21.5 Å². The Morgan fingerprint density at radius 3 is 2.72 bits per heavy atom. The molecule has 1 aromatic carbocycles. The summed E-state index contributed by atoms with van der Waals surface area (Å²) < 4.78 is 0. The SMILES string of the molecule is Cc1cccc(-c2nc(Cl)nc3sc(C)cc23)c1. The summed E-state index contributed by atoms with van der Waals surface area (Å²) >= 11 is 7.65. The van der Waals surface area contributed by atoms with Gasteiger partial charge in [0.05, 0.1) is 5.69 Å². The second-order valence-corrected chi connectivity index (χ2v) is 5.86. The highest BCUT2D eigenvalue weighted by atomic mass is 35.5. The maximum atomic E-state index is 6.01. The van der Waals surface area contributed by atoms with Crippen LogP contribution < -0.4 is 0 Å². The first-order chi connectivity index (χ1) is 8.63. The Morgan fingerprint density at radius 2 is 1.94 bits per heavy atom. The van der Waals surface area contributed by atoms with Crippen LogP contribution in [0.5, 0.6) is 0 Å². The molecule has 2 heterocycles. The lowest BCUT2D eigenvalue weighted by Gasteiger charge is -2.04. The minimum absolute atomic E-state index is 0.306. The van der Waals surface area contributed by atoms with E-state index < -0.39 is 0 Å². The van der Waals surface area contributed by atoms with E-state index in [1.54, 1.807) is 11.3 Å². The maximum absolute atomic E-state index is 6.01. The second-order valence-electron chi connectivity index (χ2n) is 4.29. The third-order valence-corrected chi connectivity index (χ3v) is 3.89. The molecule has 2 aromatic heterocycles. The molecule has 0 unspecified atom stereocenters. The van der Waals surface area contributed by atoms with Gasteiger partial charge in [-0.25, -0.2) is 9.97 Å². The molecule has 0 saturated heterocycles. The standard InChI is InChI=1S/C14H11ClN2S/c1-8-4-3-5-10(6-8)12-11-7-9(2)18-13(11)17-14(15)16-12/h3-7H,1-2H3. The molecule has 0 aliphatic rings. The lowest BCUT2D eigenvalue weighted by molar-refractivity contribution is 1.23. The predicted octanol–water partition coefficient (Wildman–Crippen LogP) is 4.63. The zero-order valence-corrected chi connectivity index (χ0v) is 11.6. The van der Waals surface area contributed by atoms with Crippen molar-refractivity contribution >= 4 is 33.2 Å². The van der Waals surface area contributed by atoms with E-state index in [1.807, 2.05) is 6.07 Å². The minimum Gasteiger partial charge on any atom is -0.217 e. The average molecular weight is 275 g/mol. The molecular weight excluding hydrogens is 264 g/mol. The smallest absolute Gasteiger partial charge is 0.217 e. The van der Waals surface area contributed by atoms with Crippen molar-refractivity contribution in [3.05, 3.63) is 46.1 Å². The van der Waals surface area contributed by atoms with Crippen molar-refractivity contribution in [2.24, 2.45) is 0 Å². The van der Waals surface area contributed by atoms with Crippen LogP contribution in [0.15, 0.2) is 30.3 Å². The zero-order chi connectivity index (χ0) is 12.7. The third-order valence-electron chi connectivity index (χ3n) is 2.78. The van der Waals surface area contributed by atoms with Gasteiger partial charge >= 0.3 is 0 Å². The molecule has 3 aromatic rings. The largest absolute Gasteiger partial charge is 0.224 e. The lowest BCUT2D eigenvalue weighted by Crippen LogP contribution is -1.88. The summed E-state index contributed by atoms with van der Waals surface area (Å²) in [6, 6.07) is 10.4. The summed E-state index contributed by atoms with van der Waals surface area (Å²) in [6.45, 7) is 4.14. The quantitative estimate of drug-likeness (QED) is 0.605. The number of fused-ring (bicyclic) bond motifs is 1. The number of benzene rings is 1. The van der Waals surface area contributed by atoms with Crippen LogP contribution in [0, 0.1) is 13.8 Å². The van der Waals surface area contributed by atoms with Crippen LogP contribution in [0.2, 0.25) is 5.28 Å². The topological polar surface area (TPSA) is 25.8 Å². The molecule has 2 nitrogen and oxygen atoms in total. The molecule has 0 saturated carbocycles. The molecule has 0 aliphatic carbocycles. The molecule has 0 amide bonds. The van der Waals surface area contributed by atoms with E-state index in [2.05, 4.69) is 48.1 Å². The summed E-state index contributed by atoms with van der Waals surface area (Å²) in [6.07, 6.45) is 0. The highest BCUT2D eigenvalue weighted by molar-refractivity contribution is 7.18. The van der Waals surface area contributed by atoms with Gasteiger partial charge in [0.1, 0.15) is 4.83 Å². The van der Waals surface area contributed by atoms with E-state index in [9.17, 15) is 0 Å². The first kappa shape index (κ1) is 11.6. The summed E-state index contributed by atoms with van der Waals surface area (Å²) in [5.41, 5.74) is 3.21. The van der Waals surface area contributed by atoms with E-state index in [4.69, 9.17) is 11.6 Å². The first-order valence-electron chi connectivity index (χ1n) is 5.64. The fraction of sp³-hybridized carbons (Fsp3) is 0.143. The summed E-state index contributed by atoms with van der Waals surface area (Å²) in [4.78, 5) is 10.8. The first-order valence-corrected chi connectivity index (χ1v) is 6.83. The Morgan fingerprint density at radius 1 is 1.11 bits per heavy atom. The van der Waals surface area contributed by atoms with Gasteiger partial charge in [-0.1, -0.05) is 23.8 Å². The van der Waals surface area contributed by atoms with Crippen LogP contribution >= 0.6 is 22.9 Å². The number of aromatic nitrogens is 2. The number of hydrogen-bond acceptors (Lipinski definition) is 3. The fourth-order valence-corrected chi connectivity index (χ4v) is 3.13. The van der Waals surface area contributed by atoms with E-state index >= 15 is 0 Å². The fourth-order valence-electron chi connectivity index (χ4n) is 2.03. The lowest BCUT2D eigenvalue weighted by atomic mass is 10.1. The second kappa shape index (κ2) is 4.34. The van der Waals surface area contributed by atoms with E-state index in [1.165, 1.54) is 10.4 Å². The van der Waals surface area contributed by atoms with Crippen molar-refractivity contribution in [3.8, 4) is 11.3 Å². The van der Waals surface area contributed by atoms with Gasteiger partial charge in [-0.15, -0.1) is 11.3 Å². The summed E-state index contributed by atoms with van der Waals surface area (Å²) in [5, 5.41) is 1.38. The number of aryl methyl sites for hydroxylation is 2. The van der Waals surface area contributed by atoms with Crippen LogP contribution in [-0.4, -0.2) is 9.97 Å². The highest BCUT2D eigenvalue weighted by Crippen LogP contribution is 2.32. The van der Waals surface area contributed by atoms with Crippen LogP contribution in [-0.2, 0) is 0 Å². The Labute approximate surface area is 114 Å². The van der Waals surface area contributed by atoms with Crippen molar-refractivity contribution < 1.29 is 0 Å². The Hall–Kier alpha value is -1.45. The Balaban J connectivity index is 2.34. The van der Waals surface area contributed by atoms with Crippen molar-refractivity contribution in [3.63, 3.8) is 0 Å². The molecule has 0 spiro atoms. The molecule has 0 N–H and O–H groups in total. The third kappa shape index (κ3) is 2.00. The van der Waals surface area contributed by atoms with Crippen LogP contribution in [0.3, 0.4) is 0 Å². The van der Waals surface area contributed by atoms with Gasteiger partial charge in [-0.05, 0) is 37.6 Å². The minimum atomic E-state index is 0.306. The van der Waals surface area contributed by atoms with Gasteiger partial charge in [-0.3, -0.25) is 0 Å². The number of rotatable bonds is 1. The normalized spacial score (nSPS) is 11.1. The predicted molar refractivity (Wildman–Crippen MR) is 77.3 cm³/mol. The van der Waals surface area contributed by atoms with Crippen LogP contribution in [0.4, 0.5) is 0 Å². The van der Waals surface area contributed by atoms with Gasteiger partial charge in [0, 0.05) is 15.8 Å². The highest BCUT2D eigenvalue weighted by Gasteiger charge is 2.11. The number of halogens is 1. The van der Waals surface area contributed by atoms with E-state index in [0.29, 0.717) is 5.28 Å². The van der Waals surface area contributed by atoms with Crippen LogP contribution in [0.25, 0.3) is 21.5 Å². The Bertz CT molecular complexity index is 734. The van der Waals surface area contributed by atoms with Gasteiger partial charge < -0.3 is 0 Å². The molecule has 0 fully saturated rings. The summed E-state index contributed by atoms with van der Waals surface area (Å²) in [7, 11) is 0. The molecule has 90 valence electrons. The number of nitrogens with zero attached hydrogens (tertiary/aromatic N) is 2. The molecule has 18 heavy (non-hydrogen) atoms. The van der Waals surface area contributed by atoms with Crippen molar-refractivity contribution in [1.29, 1.82) is 0 Å². The molecule has 0 atom stereocenters. The summed E-state index contributed by atoms with van der Waals surface area (Å²) in [5.74, 6) is 0. The number of thiophene rings is 1. The monoisotopic (exact) mass is 274 g/mol.